The highest BCUT2D eigenvalue weighted by atomic mass is 35.5. The van der Waals surface area contributed by atoms with E-state index in [2.05, 4.69) is 0 Å². The minimum Gasteiger partial charge on any atom is -0.396 e. The molecule has 1 aromatic rings. The summed E-state index contributed by atoms with van der Waals surface area (Å²) in [5, 5.41) is 9.09. The van der Waals surface area contributed by atoms with Gasteiger partial charge < -0.3 is 5.11 Å². The van der Waals surface area contributed by atoms with Crippen molar-refractivity contribution in [2.45, 2.75) is 6.42 Å². The van der Waals surface area contributed by atoms with Crippen molar-refractivity contribution in [2.24, 2.45) is 0 Å². The predicted octanol–water partition coefficient (Wildman–Crippen LogP) is 3.53. The maximum Gasteiger partial charge on any atom is 0.126 e. The van der Waals surface area contributed by atoms with Crippen LogP contribution in [0.15, 0.2) is 18.2 Å². The van der Waals surface area contributed by atoms with Crippen molar-refractivity contribution in [1.29, 1.82) is 0 Å². The number of rotatable bonds is 3. The van der Waals surface area contributed by atoms with E-state index in [1.807, 2.05) is 0 Å². The van der Waals surface area contributed by atoms with E-state index in [4.69, 9.17) is 28.3 Å². The second-order valence-corrected chi connectivity index (χ2v) is 3.51. The van der Waals surface area contributed by atoms with Crippen LogP contribution in [0.25, 0.3) is 6.08 Å². The summed E-state index contributed by atoms with van der Waals surface area (Å²) < 4.78 is 12.8. The van der Waals surface area contributed by atoms with Gasteiger partial charge in [0.25, 0.3) is 0 Å². The first kappa shape index (κ1) is 11.5. The largest absolute Gasteiger partial charge is 0.396 e. The number of hydrogen-bond donors (Lipinski definition) is 1. The van der Waals surface area contributed by atoms with Crippen molar-refractivity contribution >= 4 is 29.3 Å². The van der Waals surface area contributed by atoms with Crippen LogP contribution in [0.4, 0.5) is 4.39 Å². The van der Waals surface area contributed by atoms with E-state index in [0.717, 1.165) is 0 Å². The summed E-state index contributed by atoms with van der Waals surface area (Å²) >= 11 is 11.6. The first-order valence-corrected chi connectivity index (χ1v) is 4.82. The zero-order chi connectivity index (χ0) is 10.6. The molecule has 76 valence electrons. The molecular weight excluding hydrogens is 226 g/mol. The van der Waals surface area contributed by atoms with Gasteiger partial charge in [0, 0.05) is 12.2 Å². The second-order valence-electron chi connectivity index (χ2n) is 2.70. The van der Waals surface area contributed by atoms with Gasteiger partial charge in [0.15, 0.2) is 0 Å². The Morgan fingerprint density at radius 3 is 2.36 bits per heavy atom. The Balaban J connectivity index is 2.96. The van der Waals surface area contributed by atoms with E-state index < -0.39 is 5.82 Å². The summed E-state index contributed by atoms with van der Waals surface area (Å²) in [6.45, 7) is 0.0624. The highest BCUT2D eigenvalue weighted by Crippen LogP contribution is 2.27. The van der Waals surface area contributed by atoms with Crippen LogP contribution in [-0.4, -0.2) is 11.7 Å². The Hall–Kier alpha value is -0.570. The molecule has 0 saturated heterocycles. The minimum absolute atomic E-state index is 0.0624. The molecule has 0 spiro atoms. The van der Waals surface area contributed by atoms with Gasteiger partial charge in [-0.2, -0.15) is 0 Å². The maximum atomic E-state index is 12.8. The molecule has 0 fully saturated rings. The summed E-state index contributed by atoms with van der Waals surface area (Å²) in [6.07, 6.45) is 3.91. The van der Waals surface area contributed by atoms with E-state index in [1.165, 1.54) is 12.1 Å². The lowest BCUT2D eigenvalue weighted by molar-refractivity contribution is 0.303. The van der Waals surface area contributed by atoms with Crippen LogP contribution in [0.3, 0.4) is 0 Å². The zero-order valence-electron chi connectivity index (χ0n) is 7.30. The van der Waals surface area contributed by atoms with Crippen molar-refractivity contribution in [3.63, 3.8) is 0 Å². The van der Waals surface area contributed by atoms with Crippen LogP contribution in [0.5, 0.6) is 0 Å². The molecule has 0 aromatic heterocycles. The number of halogens is 3. The number of hydrogen-bond acceptors (Lipinski definition) is 1. The third kappa shape index (κ3) is 2.98. The summed E-state index contributed by atoms with van der Waals surface area (Å²) in [6, 6.07) is 2.40. The number of aliphatic hydroxyl groups is 1. The van der Waals surface area contributed by atoms with Crippen molar-refractivity contribution in [3.05, 3.63) is 39.6 Å². The number of benzene rings is 1. The average molecular weight is 235 g/mol. The molecule has 0 aliphatic carbocycles. The van der Waals surface area contributed by atoms with E-state index in [9.17, 15) is 4.39 Å². The van der Waals surface area contributed by atoms with Crippen LogP contribution in [0.2, 0.25) is 10.0 Å². The SMILES string of the molecule is OCCC=Cc1c(Cl)cc(F)cc1Cl. The average Bonchev–Trinajstić information content (AvgIpc) is 2.09. The third-order valence-electron chi connectivity index (χ3n) is 1.62. The Labute approximate surface area is 91.8 Å². The third-order valence-corrected chi connectivity index (χ3v) is 2.25. The summed E-state index contributed by atoms with van der Waals surface area (Å²) in [5.74, 6) is -0.459. The fraction of sp³-hybridized carbons (Fsp3) is 0.200. The lowest BCUT2D eigenvalue weighted by atomic mass is 10.2. The molecule has 4 heteroatoms. The van der Waals surface area contributed by atoms with Crippen molar-refractivity contribution in [3.8, 4) is 0 Å². The Morgan fingerprint density at radius 1 is 1.29 bits per heavy atom. The van der Waals surface area contributed by atoms with Crippen molar-refractivity contribution < 1.29 is 9.50 Å². The maximum absolute atomic E-state index is 12.8. The molecule has 14 heavy (non-hydrogen) atoms. The van der Waals surface area contributed by atoms with Crippen LogP contribution >= 0.6 is 23.2 Å². The zero-order valence-corrected chi connectivity index (χ0v) is 8.82. The van der Waals surface area contributed by atoms with Crippen LogP contribution < -0.4 is 0 Å². The second kappa shape index (κ2) is 5.35. The molecule has 0 radical (unpaired) electrons. The number of aliphatic hydroxyl groups excluding tert-OH is 1. The molecule has 0 heterocycles. The molecule has 1 nitrogen and oxygen atoms in total. The Bertz CT molecular complexity index is 327. The highest BCUT2D eigenvalue weighted by molar-refractivity contribution is 6.37. The van der Waals surface area contributed by atoms with Crippen LogP contribution in [0, 0.1) is 5.82 Å². The van der Waals surface area contributed by atoms with Gasteiger partial charge in [0.2, 0.25) is 0 Å². The quantitative estimate of drug-likeness (QED) is 0.849. The van der Waals surface area contributed by atoms with Gasteiger partial charge in [-0.15, -0.1) is 0 Å². The van der Waals surface area contributed by atoms with Gasteiger partial charge in [-0.1, -0.05) is 35.4 Å². The molecule has 0 bridgehead atoms. The van der Waals surface area contributed by atoms with E-state index in [-0.39, 0.29) is 16.7 Å². The molecule has 0 atom stereocenters. The van der Waals surface area contributed by atoms with Gasteiger partial charge in [0.1, 0.15) is 5.82 Å². The topological polar surface area (TPSA) is 20.2 Å². The summed E-state index contributed by atoms with van der Waals surface area (Å²) in [7, 11) is 0. The lowest BCUT2D eigenvalue weighted by Gasteiger charge is -2.01. The van der Waals surface area contributed by atoms with Crippen molar-refractivity contribution in [2.75, 3.05) is 6.61 Å². The molecular formula is C10H9Cl2FO. The fourth-order valence-corrected chi connectivity index (χ4v) is 1.57. The molecule has 0 aliphatic rings. The van der Waals surface area contributed by atoms with E-state index in [0.29, 0.717) is 12.0 Å². The molecule has 0 saturated carbocycles. The van der Waals surface area contributed by atoms with Gasteiger partial charge in [0.05, 0.1) is 10.0 Å². The highest BCUT2D eigenvalue weighted by Gasteiger charge is 2.04. The molecule has 0 unspecified atom stereocenters. The lowest BCUT2D eigenvalue weighted by Crippen LogP contribution is -1.82. The standard InChI is InChI=1S/C10H9Cl2FO/c11-9-5-7(13)6-10(12)8(9)3-1-2-4-14/h1,3,5-6,14H,2,4H2. The fourth-order valence-electron chi connectivity index (χ4n) is 0.988. The normalized spacial score (nSPS) is 11.1. The Morgan fingerprint density at radius 2 is 1.86 bits per heavy atom. The monoisotopic (exact) mass is 234 g/mol. The molecule has 1 N–H and O–H groups in total. The Kier molecular flexibility index (Phi) is 4.39. The van der Waals surface area contributed by atoms with Gasteiger partial charge >= 0.3 is 0 Å². The summed E-state index contributed by atoms with van der Waals surface area (Å²) in [4.78, 5) is 0. The van der Waals surface area contributed by atoms with Crippen LogP contribution in [-0.2, 0) is 0 Å². The van der Waals surface area contributed by atoms with Gasteiger partial charge in [-0.3, -0.25) is 0 Å². The molecule has 0 aliphatic heterocycles. The smallest absolute Gasteiger partial charge is 0.126 e. The van der Waals surface area contributed by atoms with Gasteiger partial charge in [-0.25, -0.2) is 4.39 Å². The molecule has 0 amide bonds. The van der Waals surface area contributed by atoms with E-state index >= 15 is 0 Å². The summed E-state index contributed by atoms with van der Waals surface area (Å²) in [5.41, 5.74) is 0.572. The van der Waals surface area contributed by atoms with Crippen molar-refractivity contribution in [1.82, 2.24) is 0 Å². The molecule has 1 aromatic carbocycles. The van der Waals surface area contributed by atoms with Crippen LogP contribution in [0.1, 0.15) is 12.0 Å². The minimum atomic E-state index is -0.459. The van der Waals surface area contributed by atoms with Gasteiger partial charge in [-0.05, 0) is 18.6 Å². The first-order valence-electron chi connectivity index (χ1n) is 4.07. The van der Waals surface area contributed by atoms with E-state index in [1.54, 1.807) is 12.2 Å². The first-order chi connectivity index (χ1) is 6.65. The molecule has 1 rings (SSSR count). The predicted molar refractivity (Wildman–Crippen MR) is 57.2 cm³/mol.